The number of halogens is 1. The van der Waals surface area contributed by atoms with Gasteiger partial charge in [-0.1, -0.05) is 31.4 Å². The Morgan fingerprint density at radius 3 is 2.71 bits per heavy atom. The van der Waals surface area contributed by atoms with Gasteiger partial charge in [0.1, 0.15) is 11.0 Å². The van der Waals surface area contributed by atoms with Gasteiger partial charge in [0.15, 0.2) is 0 Å². The van der Waals surface area contributed by atoms with Gasteiger partial charge in [0.05, 0.1) is 0 Å². The molecule has 1 aromatic rings. The fourth-order valence-electron chi connectivity index (χ4n) is 2.44. The number of rotatable bonds is 3. The SMILES string of the molecule is CCCC1CCN(c2cc(Cl)nc(N)n2)CC1. The topological polar surface area (TPSA) is 55.0 Å². The molecule has 0 aliphatic carbocycles. The molecule has 17 heavy (non-hydrogen) atoms. The van der Waals surface area contributed by atoms with Crippen molar-refractivity contribution >= 4 is 23.4 Å². The Morgan fingerprint density at radius 1 is 1.41 bits per heavy atom. The number of anilines is 2. The van der Waals surface area contributed by atoms with Crippen molar-refractivity contribution < 1.29 is 0 Å². The van der Waals surface area contributed by atoms with Crippen LogP contribution in [0.15, 0.2) is 6.07 Å². The van der Waals surface area contributed by atoms with Gasteiger partial charge < -0.3 is 10.6 Å². The first-order chi connectivity index (χ1) is 8.19. The van der Waals surface area contributed by atoms with Crippen LogP contribution in [0, 0.1) is 5.92 Å². The van der Waals surface area contributed by atoms with E-state index >= 15 is 0 Å². The smallest absolute Gasteiger partial charge is 0.223 e. The molecule has 0 saturated carbocycles. The van der Waals surface area contributed by atoms with E-state index in [0.717, 1.165) is 24.8 Å². The maximum Gasteiger partial charge on any atom is 0.223 e. The van der Waals surface area contributed by atoms with Gasteiger partial charge in [0.2, 0.25) is 5.95 Å². The zero-order valence-electron chi connectivity index (χ0n) is 10.2. The minimum absolute atomic E-state index is 0.253. The first kappa shape index (κ1) is 12.4. The van der Waals surface area contributed by atoms with Crippen LogP contribution >= 0.6 is 11.6 Å². The molecule has 0 unspecified atom stereocenters. The quantitative estimate of drug-likeness (QED) is 0.843. The molecule has 0 amide bonds. The van der Waals surface area contributed by atoms with E-state index in [1.165, 1.54) is 25.7 Å². The van der Waals surface area contributed by atoms with Crippen molar-refractivity contribution in [3.63, 3.8) is 0 Å². The monoisotopic (exact) mass is 254 g/mol. The van der Waals surface area contributed by atoms with Crippen molar-refractivity contribution in [3.05, 3.63) is 11.2 Å². The van der Waals surface area contributed by atoms with Crippen molar-refractivity contribution in [2.45, 2.75) is 32.6 Å². The van der Waals surface area contributed by atoms with Crippen molar-refractivity contribution in [2.75, 3.05) is 23.7 Å². The van der Waals surface area contributed by atoms with Crippen molar-refractivity contribution in [2.24, 2.45) is 5.92 Å². The van der Waals surface area contributed by atoms with E-state index in [4.69, 9.17) is 17.3 Å². The molecule has 5 heteroatoms. The molecule has 0 aromatic carbocycles. The minimum atomic E-state index is 0.253. The summed E-state index contributed by atoms with van der Waals surface area (Å²) < 4.78 is 0. The van der Waals surface area contributed by atoms with Gasteiger partial charge in [-0.25, -0.2) is 4.98 Å². The summed E-state index contributed by atoms with van der Waals surface area (Å²) in [5.74, 6) is 1.98. The van der Waals surface area contributed by atoms with E-state index in [0.29, 0.717) is 5.15 Å². The number of hydrogen-bond donors (Lipinski definition) is 1. The molecule has 1 aliphatic rings. The van der Waals surface area contributed by atoms with E-state index in [1.807, 2.05) is 0 Å². The molecule has 1 aliphatic heterocycles. The lowest BCUT2D eigenvalue weighted by atomic mass is 9.92. The maximum atomic E-state index is 5.89. The Bertz CT molecular complexity index is 355. The van der Waals surface area contributed by atoms with Crippen LogP contribution in [0.4, 0.5) is 11.8 Å². The zero-order valence-corrected chi connectivity index (χ0v) is 11.0. The lowest BCUT2D eigenvalue weighted by Gasteiger charge is -2.32. The summed E-state index contributed by atoms with van der Waals surface area (Å²) in [7, 11) is 0. The van der Waals surface area contributed by atoms with Crippen molar-refractivity contribution in [1.29, 1.82) is 0 Å². The average molecular weight is 255 g/mol. The van der Waals surface area contributed by atoms with Crippen LogP contribution in [0.5, 0.6) is 0 Å². The van der Waals surface area contributed by atoms with Gasteiger partial charge in [0, 0.05) is 19.2 Å². The number of nitrogens with zero attached hydrogens (tertiary/aromatic N) is 3. The number of hydrogen-bond acceptors (Lipinski definition) is 4. The second-order valence-corrected chi connectivity index (χ2v) is 5.01. The van der Waals surface area contributed by atoms with Crippen LogP contribution in [0.2, 0.25) is 5.15 Å². The summed E-state index contributed by atoms with van der Waals surface area (Å²) in [4.78, 5) is 10.4. The van der Waals surface area contributed by atoms with E-state index in [-0.39, 0.29) is 5.95 Å². The molecule has 0 radical (unpaired) electrons. The maximum absolute atomic E-state index is 5.89. The fourth-order valence-corrected chi connectivity index (χ4v) is 2.63. The third-order valence-corrected chi connectivity index (χ3v) is 3.53. The van der Waals surface area contributed by atoms with Crippen LogP contribution in [0.1, 0.15) is 32.6 Å². The van der Waals surface area contributed by atoms with Gasteiger partial charge in [0.25, 0.3) is 0 Å². The average Bonchev–Trinajstić information content (AvgIpc) is 2.29. The molecule has 2 rings (SSSR count). The Balaban J connectivity index is 2.00. The highest BCUT2D eigenvalue weighted by Gasteiger charge is 2.20. The van der Waals surface area contributed by atoms with Gasteiger partial charge in [-0.3, -0.25) is 0 Å². The zero-order chi connectivity index (χ0) is 12.3. The molecule has 1 saturated heterocycles. The Hall–Kier alpha value is -1.03. The lowest BCUT2D eigenvalue weighted by Crippen LogP contribution is -2.34. The molecule has 4 nitrogen and oxygen atoms in total. The van der Waals surface area contributed by atoms with Crippen LogP contribution in [-0.4, -0.2) is 23.1 Å². The predicted octanol–water partition coefficient (Wildman–Crippen LogP) is 2.73. The first-order valence-corrected chi connectivity index (χ1v) is 6.62. The molecule has 94 valence electrons. The number of nitrogens with two attached hydrogens (primary N) is 1. The van der Waals surface area contributed by atoms with Crippen LogP contribution in [0.25, 0.3) is 0 Å². The summed E-state index contributed by atoms with van der Waals surface area (Å²) in [6, 6.07) is 1.79. The third kappa shape index (κ3) is 3.22. The Labute approximate surface area is 107 Å². The van der Waals surface area contributed by atoms with Gasteiger partial charge in [-0.05, 0) is 18.8 Å². The molecular weight excluding hydrogens is 236 g/mol. The fraction of sp³-hybridized carbons (Fsp3) is 0.667. The first-order valence-electron chi connectivity index (χ1n) is 6.24. The van der Waals surface area contributed by atoms with Crippen LogP contribution in [0.3, 0.4) is 0 Å². The van der Waals surface area contributed by atoms with Gasteiger partial charge >= 0.3 is 0 Å². The highest BCUT2D eigenvalue weighted by atomic mass is 35.5. The molecule has 1 fully saturated rings. The van der Waals surface area contributed by atoms with E-state index in [1.54, 1.807) is 6.07 Å². The van der Waals surface area contributed by atoms with E-state index in [9.17, 15) is 0 Å². The summed E-state index contributed by atoms with van der Waals surface area (Å²) in [5.41, 5.74) is 5.61. The number of nitrogen functional groups attached to an aromatic ring is 1. The summed E-state index contributed by atoms with van der Waals surface area (Å²) in [5, 5.41) is 0.420. The molecule has 2 N–H and O–H groups in total. The van der Waals surface area contributed by atoms with Gasteiger partial charge in [-0.15, -0.1) is 0 Å². The van der Waals surface area contributed by atoms with Crippen LogP contribution < -0.4 is 10.6 Å². The molecule has 0 spiro atoms. The van der Waals surface area contributed by atoms with Crippen molar-refractivity contribution in [3.8, 4) is 0 Å². The summed E-state index contributed by atoms with van der Waals surface area (Å²) in [6.07, 6.45) is 5.07. The minimum Gasteiger partial charge on any atom is -0.368 e. The normalized spacial score (nSPS) is 17.4. The summed E-state index contributed by atoms with van der Waals surface area (Å²) in [6.45, 7) is 4.33. The largest absolute Gasteiger partial charge is 0.368 e. The molecule has 1 aromatic heterocycles. The van der Waals surface area contributed by atoms with E-state index < -0.39 is 0 Å². The number of piperidine rings is 1. The molecular formula is C12H19ClN4. The predicted molar refractivity (Wildman–Crippen MR) is 71.3 cm³/mol. The lowest BCUT2D eigenvalue weighted by molar-refractivity contribution is 0.377. The Kier molecular flexibility index (Phi) is 4.05. The highest BCUT2D eigenvalue weighted by molar-refractivity contribution is 6.29. The van der Waals surface area contributed by atoms with Crippen molar-refractivity contribution in [1.82, 2.24) is 9.97 Å². The van der Waals surface area contributed by atoms with Gasteiger partial charge in [-0.2, -0.15) is 4.98 Å². The number of aromatic nitrogens is 2. The second-order valence-electron chi connectivity index (χ2n) is 4.63. The standard InChI is InChI=1S/C12H19ClN4/c1-2-3-9-4-6-17(7-5-9)11-8-10(13)15-12(14)16-11/h8-9H,2-7H2,1H3,(H2,14,15,16). The van der Waals surface area contributed by atoms with E-state index in [2.05, 4.69) is 21.8 Å². The molecule has 0 bridgehead atoms. The molecule has 0 atom stereocenters. The molecule has 2 heterocycles. The Morgan fingerprint density at radius 2 is 2.12 bits per heavy atom. The van der Waals surface area contributed by atoms with Crippen LogP contribution in [-0.2, 0) is 0 Å². The summed E-state index contributed by atoms with van der Waals surface area (Å²) >= 11 is 5.89. The third-order valence-electron chi connectivity index (χ3n) is 3.33. The highest BCUT2D eigenvalue weighted by Crippen LogP contribution is 2.26. The second kappa shape index (κ2) is 5.54.